The van der Waals surface area contributed by atoms with Crippen LogP contribution in [0, 0.1) is 0 Å². The van der Waals surface area contributed by atoms with Crippen LogP contribution in [0.15, 0.2) is 47.2 Å². The first kappa shape index (κ1) is 19.6. The second-order valence-electron chi connectivity index (χ2n) is 7.20. The molecule has 0 saturated heterocycles. The van der Waals surface area contributed by atoms with E-state index in [1.165, 1.54) is 6.20 Å². The van der Waals surface area contributed by atoms with Gasteiger partial charge in [0, 0.05) is 42.4 Å². The summed E-state index contributed by atoms with van der Waals surface area (Å²) < 4.78 is 11.3. The summed E-state index contributed by atoms with van der Waals surface area (Å²) in [5.74, 6) is 0.600. The van der Waals surface area contributed by atoms with Crippen LogP contribution in [0.25, 0.3) is 11.1 Å². The molecule has 2 amide bonds. The number of carbonyl (C=O) groups excluding carboxylic acids is 2. The molecule has 2 aromatic heterocycles. The summed E-state index contributed by atoms with van der Waals surface area (Å²) in [5, 5.41) is 6.68. The lowest BCUT2D eigenvalue weighted by Gasteiger charge is -2.13. The summed E-state index contributed by atoms with van der Waals surface area (Å²) in [5.41, 5.74) is 8.58. The monoisotopic (exact) mass is 406 g/mol. The van der Waals surface area contributed by atoms with E-state index in [1.54, 1.807) is 18.3 Å². The minimum Gasteiger partial charge on any atom is -0.487 e. The van der Waals surface area contributed by atoms with Gasteiger partial charge in [0.1, 0.15) is 17.6 Å². The van der Waals surface area contributed by atoms with Gasteiger partial charge in [-0.3, -0.25) is 14.6 Å². The molecule has 0 spiro atoms. The fraction of sp³-hybridized carbons (Fsp3) is 0.273. The van der Waals surface area contributed by atoms with E-state index in [4.69, 9.17) is 15.0 Å². The Labute approximate surface area is 173 Å². The summed E-state index contributed by atoms with van der Waals surface area (Å²) in [4.78, 5) is 27.9. The first-order valence-corrected chi connectivity index (χ1v) is 9.82. The molecule has 3 heterocycles. The van der Waals surface area contributed by atoms with Crippen molar-refractivity contribution in [2.45, 2.75) is 32.3 Å². The normalized spacial score (nSPS) is 14.8. The number of nitrogens with two attached hydrogens (primary N) is 1. The molecule has 1 aliphatic rings. The summed E-state index contributed by atoms with van der Waals surface area (Å²) in [6.45, 7) is 2.37. The molecule has 1 aliphatic heterocycles. The number of hydrogen-bond donors (Lipinski definition) is 2. The summed E-state index contributed by atoms with van der Waals surface area (Å²) in [6.07, 6.45) is 5.22. The van der Waals surface area contributed by atoms with E-state index in [9.17, 15) is 9.59 Å². The molecule has 1 atom stereocenters. The number of hydrogen-bond acceptors (Lipinski definition) is 6. The third-order valence-electron chi connectivity index (χ3n) is 4.94. The SMILES string of the molecule is CCCc1cc(C(=O)NC[C@@H]2Cc3cccc(-c4cncc(C(N)=O)c4)c3O2)no1. The maximum atomic E-state index is 12.3. The first-order chi connectivity index (χ1) is 14.5. The van der Waals surface area contributed by atoms with E-state index in [0.29, 0.717) is 24.3 Å². The third-order valence-corrected chi connectivity index (χ3v) is 4.94. The van der Waals surface area contributed by atoms with Gasteiger partial charge in [0.2, 0.25) is 5.91 Å². The Balaban J connectivity index is 1.45. The Morgan fingerprint density at radius 1 is 1.27 bits per heavy atom. The Morgan fingerprint density at radius 3 is 2.93 bits per heavy atom. The van der Waals surface area contributed by atoms with E-state index in [-0.39, 0.29) is 17.7 Å². The molecule has 0 saturated carbocycles. The number of para-hydroxylation sites is 1. The number of aromatic nitrogens is 2. The second-order valence-corrected chi connectivity index (χ2v) is 7.20. The smallest absolute Gasteiger partial charge is 0.273 e. The fourth-order valence-corrected chi connectivity index (χ4v) is 3.48. The zero-order chi connectivity index (χ0) is 21.1. The van der Waals surface area contributed by atoms with Gasteiger partial charge in [-0.1, -0.05) is 30.3 Å². The minimum atomic E-state index is -0.534. The molecule has 3 N–H and O–H groups in total. The van der Waals surface area contributed by atoms with Gasteiger partial charge in [-0.15, -0.1) is 0 Å². The molecule has 3 aromatic rings. The zero-order valence-electron chi connectivity index (χ0n) is 16.6. The predicted molar refractivity (Wildman–Crippen MR) is 109 cm³/mol. The van der Waals surface area contributed by atoms with Gasteiger partial charge in [0.15, 0.2) is 5.69 Å². The van der Waals surface area contributed by atoms with E-state index in [2.05, 4.69) is 15.5 Å². The number of ether oxygens (including phenoxy) is 1. The van der Waals surface area contributed by atoms with Crippen molar-refractivity contribution in [3.05, 3.63) is 65.3 Å². The number of benzene rings is 1. The van der Waals surface area contributed by atoms with Gasteiger partial charge in [-0.05, 0) is 18.1 Å². The minimum absolute atomic E-state index is 0.209. The number of nitrogens with zero attached hydrogens (tertiary/aromatic N) is 2. The lowest BCUT2D eigenvalue weighted by atomic mass is 10.0. The highest BCUT2D eigenvalue weighted by Crippen LogP contribution is 2.38. The highest BCUT2D eigenvalue weighted by molar-refractivity contribution is 5.94. The van der Waals surface area contributed by atoms with Crippen molar-refractivity contribution in [3.63, 3.8) is 0 Å². The van der Waals surface area contributed by atoms with Crippen LogP contribution in [0.3, 0.4) is 0 Å². The number of pyridine rings is 1. The fourth-order valence-electron chi connectivity index (χ4n) is 3.48. The summed E-state index contributed by atoms with van der Waals surface area (Å²) in [7, 11) is 0. The molecule has 0 fully saturated rings. The molecular formula is C22H22N4O4. The topological polar surface area (TPSA) is 120 Å². The van der Waals surface area contributed by atoms with E-state index >= 15 is 0 Å². The Hall–Kier alpha value is -3.68. The third kappa shape index (κ3) is 4.03. The van der Waals surface area contributed by atoms with Crippen molar-refractivity contribution >= 4 is 11.8 Å². The van der Waals surface area contributed by atoms with Crippen LogP contribution in [0.1, 0.15) is 45.5 Å². The zero-order valence-corrected chi connectivity index (χ0v) is 16.6. The van der Waals surface area contributed by atoms with Crippen LogP contribution in [-0.2, 0) is 12.8 Å². The molecule has 4 rings (SSSR count). The molecular weight excluding hydrogens is 384 g/mol. The number of fused-ring (bicyclic) bond motifs is 1. The number of aryl methyl sites for hydroxylation is 1. The van der Waals surface area contributed by atoms with Crippen molar-refractivity contribution in [3.8, 4) is 16.9 Å². The number of nitrogens with one attached hydrogen (secondary N) is 1. The predicted octanol–water partition coefficient (Wildman–Crippen LogP) is 2.52. The van der Waals surface area contributed by atoms with Gasteiger partial charge >= 0.3 is 0 Å². The summed E-state index contributed by atoms with van der Waals surface area (Å²) in [6, 6.07) is 9.19. The standard InChI is InChI=1S/C22H22N4O4/c1-2-4-16-9-19(26-30-16)22(28)25-12-17-8-13-5-3-6-18(20(13)29-17)14-7-15(21(23)27)11-24-10-14/h3,5-7,9-11,17H,2,4,8,12H2,1H3,(H2,23,27)(H,25,28)/t17-/m0/s1. The van der Waals surface area contributed by atoms with Crippen LogP contribution < -0.4 is 15.8 Å². The van der Waals surface area contributed by atoms with E-state index in [1.807, 2.05) is 25.1 Å². The van der Waals surface area contributed by atoms with Crippen molar-refractivity contribution < 1.29 is 18.8 Å². The van der Waals surface area contributed by atoms with E-state index < -0.39 is 5.91 Å². The highest BCUT2D eigenvalue weighted by Gasteiger charge is 2.27. The van der Waals surface area contributed by atoms with Gasteiger partial charge in [0.05, 0.1) is 12.1 Å². The number of amides is 2. The Kier molecular flexibility index (Phi) is 5.47. The lowest BCUT2D eigenvalue weighted by Crippen LogP contribution is -2.34. The first-order valence-electron chi connectivity index (χ1n) is 9.82. The van der Waals surface area contributed by atoms with Gasteiger partial charge in [-0.2, -0.15) is 0 Å². The molecule has 0 unspecified atom stereocenters. The largest absolute Gasteiger partial charge is 0.487 e. The molecule has 154 valence electrons. The van der Waals surface area contributed by atoms with Crippen LogP contribution in [-0.4, -0.2) is 34.6 Å². The average Bonchev–Trinajstić information content (AvgIpc) is 3.39. The number of rotatable bonds is 7. The molecule has 1 aromatic carbocycles. The van der Waals surface area contributed by atoms with Gasteiger partial charge < -0.3 is 20.3 Å². The molecule has 0 aliphatic carbocycles. The van der Waals surface area contributed by atoms with Crippen molar-refractivity contribution in [2.24, 2.45) is 5.73 Å². The van der Waals surface area contributed by atoms with E-state index in [0.717, 1.165) is 35.3 Å². The summed E-state index contributed by atoms with van der Waals surface area (Å²) >= 11 is 0. The molecule has 0 bridgehead atoms. The highest BCUT2D eigenvalue weighted by atomic mass is 16.5. The van der Waals surface area contributed by atoms with Gasteiger partial charge in [-0.25, -0.2) is 0 Å². The van der Waals surface area contributed by atoms with Crippen molar-refractivity contribution in [1.29, 1.82) is 0 Å². The van der Waals surface area contributed by atoms with Crippen LogP contribution >= 0.6 is 0 Å². The Bertz CT molecular complexity index is 1090. The average molecular weight is 406 g/mol. The van der Waals surface area contributed by atoms with Crippen molar-refractivity contribution in [2.75, 3.05) is 6.54 Å². The molecule has 8 heteroatoms. The number of carbonyl (C=O) groups is 2. The second kappa shape index (κ2) is 8.36. The Morgan fingerprint density at radius 2 is 2.13 bits per heavy atom. The molecule has 8 nitrogen and oxygen atoms in total. The molecule has 30 heavy (non-hydrogen) atoms. The van der Waals surface area contributed by atoms with Crippen LogP contribution in [0.2, 0.25) is 0 Å². The van der Waals surface area contributed by atoms with Gasteiger partial charge in [0.25, 0.3) is 5.91 Å². The number of primary amides is 1. The van der Waals surface area contributed by atoms with Crippen LogP contribution in [0.4, 0.5) is 0 Å². The lowest BCUT2D eigenvalue weighted by molar-refractivity contribution is 0.0924. The van der Waals surface area contributed by atoms with Crippen LogP contribution in [0.5, 0.6) is 5.75 Å². The maximum absolute atomic E-state index is 12.3. The quantitative estimate of drug-likeness (QED) is 0.622. The maximum Gasteiger partial charge on any atom is 0.273 e. The molecule has 0 radical (unpaired) electrons. The van der Waals surface area contributed by atoms with Crippen molar-refractivity contribution in [1.82, 2.24) is 15.5 Å².